The van der Waals surface area contributed by atoms with Crippen molar-refractivity contribution in [2.75, 3.05) is 46.5 Å². The highest BCUT2D eigenvalue weighted by atomic mass is 16.5. The molecule has 0 bridgehead atoms. The molecule has 0 saturated carbocycles. The molecule has 78 valence electrons. The molecular formula is C9H20N2O2. The van der Waals surface area contributed by atoms with E-state index < -0.39 is 0 Å². The lowest BCUT2D eigenvalue weighted by molar-refractivity contribution is -0.0275. The number of hydrogen-bond donors (Lipinski definition) is 2. The number of hydrogen-bond acceptors (Lipinski definition) is 4. The van der Waals surface area contributed by atoms with Gasteiger partial charge in [0.2, 0.25) is 0 Å². The molecule has 1 aliphatic rings. The second kappa shape index (κ2) is 6.32. The van der Waals surface area contributed by atoms with Gasteiger partial charge in [0.15, 0.2) is 0 Å². The summed E-state index contributed by atoms with van der Waals surface area (Å²) in [5.74, 6) is 0. The summed E-state index contributed by atoms with van der Waals surface area (Å²) in [4.78, 5) is 2.31. The van der Waals surface area contributed by atoms with Crippen LogP contribution in [0.5, 0.6) is 0 Å². The quantitative estimate of drug-likeness (QED) is 0.559. The van der Waals surface area contributed by atoms with Crippen molar-refractivity contribution in [2.45, 2.75) is 12.5 Å². The van der Waals surface area contributed by atoms with Gasteiger partial charge in [0, 0.05) is 6.54 Å². The summed E-state index contributed by atoms with van der Waals surface area (Å²) in [7, 11) is 1.96. The number of rotatable bonds is 5. The fourth-order valence-electron chi connectivity index (χ4n) is 1.61. The predicted octanol–water partition coefficient (Wildman–Crippen LogP) is -0.711. The minimum atomic E-state index is 0.208. The molecule has 0 spiro atoms. The van der Waals surface area contributed by atoms with E-state index in [4.69, 9.17) is 9.84 Å². The van der Waals surface area contributed by atoms with E-state index in [1.807, 2.05) is 7.05 Å². The maximum atomic E-state index is 9.08. The molecule has 2 N–H and O–H groups in total. The van der Waals surface area contributed by atoms with E-state index in [0.29, 0.717) is 6.61 Å². The van der Waals surface area contributed by atoms with Crippen LogP contribution in [0.4, 0.5) is 0 Å². The average molecular weight is 188 g/mol. The van der Waals surface area contributed by atoms with Crippen molar-refractivity contribution in [3.8, 4) is 0 Å². The van der Waals surface area contributed by atoms with Crippen molar-refractivity contribution in [2.24, 2.45) is 0 Å². The highest BCUT2D eigenvalue weighted by Crippen LogP contribution is 2.06. The van der Waals surface area contributed by atoms with Crippen molar-refractivity contribution in [3.05, 3.63) is 0 Å². The topological polar surface area (TPSA) is 44.7 Å². The van der Waals surface area contributed by atoms with Crippen LogP contribution in [0, 0.1) is 0 Å². The molecule has 4 nitrogen and oxygen atoms in total. The first-order chi connectivity index (χ1) is 6.38. The summed E-state index contributed by atoms with van der Waals surface area (Å²) in [5, 5.41) is 12.2. The SMILES string of the molecule is CNCCCN1CCOCC1CO. The molecule has 0 aromatic rings. The van der Waals surface area contributed by atoms with Gasteiger partial charge in [-0.05, 0) is 26.6 Å². The first kappa shape index (κ1) is 10.9. The number of ether oxygens (including phenoxy) is 1. The van der Waals surface area contributed by atoms with Crippen LogP contribution in [0.25, 0.3) is 0 Å². The molecule has 1 heterocycles. The van der Waals surface area contributed by atoms with Crippen molar-refractivity contribution in [1.82, 2.24) is 10.2 Å². The fourth-order valence-corrected chi connectivity index (χ4v) is 1.61. The van der Waals surface area contributed by atoms with Gasteiger partial charge >= 0.3 is 0 Å². The van der Waals surface area contributed by atoms with Gasteiger partial charge in [-0.25, -0.2) is 0 Å². The summed E-state index contributed by atoms with van der Waals surface area (Å²) < 4.78 is 5.29. The van der Waals surface area contributed by atoms with Crippen LogP contribution in [-0.4, -0.2) is 62.6 Å². The first-order valence-corrected chi connectivity index (χ1v) is 4.95. The zero-order valence-corrected chi connectivity index (χ0v) is 8.33. The lowest BCUT2D eigenvalue weighted by Crippen LogP contribution is -2.48. The fraction of sp³-hybridized carbons (Fsp3) is 1.00. The summed E-state index contributed by atoms with van der Waals surface area (Å²) >= 11 is 0. The van der Waals surface area contributed by atoms with Crippen LogP contribution in [-0.2, 0) is 4.74 Å². The van der Waals surface area contributed by atoms with Crippen molar-refractivity contribution >= 4 is 0 Å². The van der Waals surface area contributed by atoms with Crippen molar-refractivity contribution in [1.29, 1.82) is 0 Å². The highest BCUT2D eigenvalue weighted by Gasteiger charge is 2.20. The zero-order chi connectivity index (χ0) is 9.52. The second-order valence-corrected chi connectivity index (χ2v) is 3.40. The van der Waals surface area contributed by atoms with Crippen LogP contribution >= 0.6 is 0 Å². The Bertz CT molecular complexity index is 133. The summed E-state index contributed by atoms with van der Waals surface area (Å²) in [5.41, 5.74) is 0. The Kier molecular flexibility index (Phi) is 5.31. The Morgan fingerprint density at radius 2 is 2.46 bits per heavy atom. The number of nitrogens with zero attached hydrogens (tertiary/aromatic N) is 1. The van der Waals surface area contributed by atoms with Gasteiger partial charge in [-0.1, -0.05) is 0 Å². The monoisotopic (exact) mass is 188 g/mol. The first-order valence-electron chi connectivity index (χ1n) is 4.95. The number of morpholine rings is 1. The van der Waals surface area contributed by atoms with E-state index in [9.17, 15) is 0 Å². The summed E-state index contributed by atoms with van der Waals surface area (Å²) in [6, 6.07) is 0.214. The second-order valence-electron chi connectivity index (χ2n) is 3.40. The number of aliphatic hydroxyl groups excluding tert-OH is 1. The van der Waals surface area contributed by atoms with Crippen LogP contribution in [0.2, 0.25) is 0 Å². The molecule has 0 aromatic carbocycles. The molecule has 1 aliphatic heterocycles. The van der Waals surface area contributed by atoms with Crippen LogP contribution in [0.15, 0.2) is 0 Å². The predicted molar refractivity (Wildman–Crippen MR) is 51.8 cm³/mol. The Morgan fingerprint density at radius 3 is 3.15 bits per heavy atom. The molecule has 0 aromatic heterocycles. The average Bonchev–Trinajstić information content (AvgIpc) is 2.19. The molecule has 13 heavy (non-hydrogen) atoms. The molecule has 4 heteroatoms. The summed E-state index contributed by atoms with van der Waals surface area (Å²) in [6.45, 7) is 4.73. The van der Waals surface area contributed by atoms with Crippen LogP contribution in [0.1, 0.15) is 6.42 Å². The van der Waals surface area contributed by atoms with E-state index in [1.165, 1.54) is 0 Å². The molecule has 0 radical (unpaired) electrons. The number of nitrogens with one attached hydrogen (secondary N) is 1. The minimum absolute atomic E-state index is 0.208. The normalized spacial score (nSPS) is 24.9. The Morgan fingerprint density at radius 1 is 1.62 bits per heavy atom. The highest BCUT2D eigenvalue weighted by molar-refractivity contribution is 4.74. The van der Waals surface area contributed by atoms with Crippen LogP contribution < -0.4 is 5.32 Å². The lowest BCUT2D eigenvalue weighted by Gasteiger charge is -2.34. The third-order valence-corrected chi connectivity index (χ3v) is 2.43. The van der Waals surface area contributed by atoms with E-state index >= 15 is 0 Å². The molecule has 1 atom stereocenters. The van der Waals surface area contributed by atoms with Gasteiger partial charge in [0.25, 0.3) is 0 Å². The standard InChI is InChI=1S/C9H20N2O2/c1-10-3-2-4-11-5-6-13-8-9(11)7-12/h9-10,12H,2-8H2,1H3. The molecule has 0 amide bonds. The van der Waals surface area contributed by atoms with Gasteiger partial charge in [0.05, 0.1) is 25.9 Å². The molecule has 1 saturated heterocycles. The maximum absolute atomic E-state index is 9.08. The maximum Gasteiger partial charge on any atom is 0.0644 e. The van der Waals surface area contributed by atoms with Crippen LogP contribution in [0.3, 0.4) is 0 Å². The third-order valence-electron chi connectivity index (χ3n) is 2.43. The Balaban J connectivity index is 2.19. The Labute approximate surface area is 79.9 Å². The van der Waals surface area contributed by atoms with Gasteiger partial charge in [-0.2, -0.15) is 0 Å². The smallest absolute Gasteiger partial charge is 0.0644 e. The van der Waals surface area contributed by atoms with E-state index in [1.54, 1.807) is 0 Å². The third kappa shape index (κ3) is 3.60. The van der Waals surface area contributed by atoms with Crippen molar-refractivity contribution in [3.63, 3.8) is 0 Å². The van der Waals surface area contributed by atoms with Gasteiger partial charge in [-0.3, -0.25) is 4.90 Å². The molecule has 1 unspecified atom stereocenters. The van der Waals surface area contributed by atoms with Crippen molar-refractivity contribution < 1.29 is 9.84 Å². The largest absolute Gasteiger partial charge is 0.395 e. The molecule has 1 fully saturated rings. The van der Waals surface area contributed by atoms with Gasteiger partial charge in [0.1, 0.15) is 0 Å². The zero-order valence-electron chi connectivity index (χ0n) is 8.33. The number of aliphatic hydroxyl groups is 1. The molecule has 0 aliphatic carbocycles. The Hall–Kier alpha value is -0.160. The van der Waals surface area contributed by atoms with Gasteiger partial charge < -0.3 is 15.2 Å². The molecule has 1 rings (SSSR count). The van der Waals surface area contributed by atoms with E-state index in [2.05, 4.69) is 10.2 Å². The minimum Gasteiger partial charge on any atom is -0.395 e. The summed E-state index contributed by atoms with van der Waals surface area (Å²) in [6.07, 6.45) is 1.13. The van der Waals surface area contributed by atoms with E-state index in [-0.39, 0.29) is 12.6 Å². The van der Waals surface area contributed by atoms with Gasteiger partial charge in [-0.15, -0.1) is 0 Å². The lowest BCUT2D eigenvalue weighted by atomic mass is 10.2. The molecular weight excluding hydrogens is 168 g/mol. The van der Waals surface area contributed by atoms with E-state index in [0.717, 1.165) is 32.7 Å².